The fourth-order valence-electron chi connectivity index (χ4n) is 2.66. The van der Waals surface area contributed by atoms with E-state index in [1.807, 2.05) is 0 Å². The van der Waals surface area contributed by atoms with Gasteiger partial charge < -0.3 is 19.9 Å². The second-order valence-corrected chi connectivity index (χ2v) is 5.42. The van der Waals surface area contributed by atoms with Crippen molar-refractivity contribution in [2.24, 2.45) is 0 Å². The molecule has 4 heteroatoms. The Kier molecular flexibility index (Phi) is 5.22. The van der Waals surface area contributed by atoms with E-state index in [1.54, 1.807) is 0 Å². The van der Waals surface area contributed by atoms with Crippen molar-refractivity contribution in [1.82, 2.24) is 15.1 Å². The Bertz CT molecular complexity index is 217. The largest absolute Gasteiger partial charge is 0.377 e. The second kappa shape index (κ2) is 6.69. The molecule has 100 valence electrons. The highest BCUT2D eigenvalue weighted by Gasteiger charge is 2.23. The van der Waals surface area contributed by atoms with Crippen LogP contribution >= 0.6 is 0 Å². The molecule has 0 bridgehead atoms. The van der Waals surface area contributed by atoms with Gasteiger partial charge in [-0.05, 0) is 39.9 Å². The average molecular weight is 241 g/mol. The molecule has 0 aliphatic carbocycles. The molecule has 4 nitrogen and oxygen atoms in total. The molecule has 2 aliphatic rings. The van der Waals surface area contributed by atoms with Crippen molar-refractivity contribution in [3.05, 3.63) is 0 Å². The first-order valence-corrected chi connectivity index (χ1v) is 7.01. The third-order valence-corrected chi connectivity index (χ3v) is 4.03. The third kappa shape index (κ3) is 4.21. The van der Waals surface area contributed by atoms with Gasteiger partial charge in [-0.2, -0.15) is 0 Å². The molecule has 0 aromatic rings. The number of rotatable bonds is 5. The molecule has 1 N–H and O–H groups in total. The molecule has 0 spiro atoms. The smallest absolute Gasteiger partial charge is 0.0700 e. The Morgan fingerprint density at radius 3 is 2.65 bits per heavy atom. The van der Waals surface area contributed by atoms with Gasteiger partial charge in [-0.15, -0.1) is 0 Å². The molecule has 2 saturated heterocycles. The van der Waals surface area contributed by atoms with Crippen molar-refractivity contribution in [2.75, 3.05) is 52.9 Å². The van der Waals surface area contributed by atoms with E-state index in [4.69, 9.17) is 4.74 Å². The summed E-state index contributed by atoms with van der Waals surface area (Å²) in [5.41, 5.74) is 0. The maximum atomic E-state index is 5.55. The van der Waals surface area contributed by atoms with E-state index in [0.717, 1.165) is 13.2 Å². The van der Waals surface area contributed by atoms with Crippen molar-refractivity contribution in [2.45, 2.75) is 31.9 Å². The van der Waals surface area contributed by atoms with Gasteiger partial charge in [-0.1, -0.05) is 0 Å². The summed E-state index contributed by atoms with van der Waals surface area (Å²) >= 11 is 0. The van der Waals surface area contributed by atoms with Gasteiger partial charge >= 0.3 is 0 Å². The molecular weight excluding hydrogens is 214 g/mol. The first-order valence-electron chi connectivity index (χ1n) is 7.01. The molecule has 0 radical (unpaired) electrons. The molecule has 2 rings (SSSR count). The lowest BCUT2D eigenvalue weighted by molar-refractivity contribution is 0.112. The van der Waals surface area contributed by atoms with Crippen LogP contribution in [0, 0.1) is 0 Å². The van der Waals surface area contributed by atoms with E-state index in [9.17, 15) is 0 Å². The maximum absolute atomic E-state index is 5.55. The topological polar surface area (TPSA) is 27.7 Å². The summed E-state index contributed by atoms with van der Waals surface area (Å²) in [5, 5.41) is 3.62. The summed E-state index contributed by atoms with van der Waals surface area (Å²) in [6.07, 6.45) is 2.83. The van der Waals surface area contributed by atoms with E-state index in [0.29, 0.717) is 12.1 Å². The van der Waals surface area contributed by atoms with Gasteiger partial charge in [0.05, 0.1) is 6.10 Å². The Labute approximate surface area is 105 Å². The summed E-state index contributed by atoms with van der Waals surface area (Å²) in [6, 6.07) is 0.586. The first kappa shape index (κ1) is 13.3. The van der Waals surface area contributed by atoms with Crippen LogP contribution in [0.15, 0.2) is 0 Å². The summed E-state index contributed by atoms with van der Waals surface area (Å²) in [7, 11) is 2.21. The summed E-state index contributed by atoms with van der Waals surface area (Å²) < 4.78 is 5.55. The van der Waals surface area contributed by atoms with E-state index in [-0.39, 0.29) is 0 Å². The number of likely N-dealkylation sites (N-methyl/N-ethyl adjacent to an activating group) is 1. The van der Waals surface area contributed by atoms with Gasteiger partial charge in [0.1, 0.15) is 0 Å². The van der Waals surface area contributed by atoms with Gasteiger partial charge in [-0.25, -0.2) is 0 Å². The second-order valence-electron chi connectivity index (χ2n) is 5.42. The van der Waals surface area contributed by atoms with Crippen molar-refractivity contribution in [3.63, 3.8) is 0 Å². The molecule has 0 aromatic carbocycles. The fourth-order valence-corrected chi connectivity index (χ4v) is 2.66. The zero-order valence-electron chi connectivity index (χ0n) is 11.3. The Morgan fingerprint density at radius 1 is 1.24 bits per heavy atom. The fraction of sp³-hybridized carbons (Fsp3) is 1.00. The standard InChI is InChI=1S/C13H27N3O/c1-12-13(4-11-17-12)14-5-3-6-16-9-7-15(2)8-10-16/h12-14H,3-11H2,1-2H3. The third-order valence-electron chi connectivity index (χ3n) is 4.03. The molecule has 2 unspecified atom stereocenters. The molecule has 2 aliphatic heterocycles. The minimum Gasteiger partial charge on any atom is -0.377 e. The van der Waals surface area contributed by atoms with E-state index in [2.05, 4.69) is 29.1 Å². The van der Waals surface area contributed by atoms with Gasteiger partial charge in [0.15, 0.2) is 0 Å². The highest BCUT2D eigenvalue weighted by atomic mass is 16.5. The van der Waals surface area contributed by atoms with Crippen LogP contribution < -0.4 is 5.32 Å². The molecular formula is C13H27N3O. The number of hydrogen-bond acceptors (Lipinski definition) is 4. The van der Waals surface area contributed by atoms with Crippen LogP contribution in [0.4, 0.5) is 0 Å². The van der Waals surface area contributed by atoms with Gasteiger partial charge in [0.25, 0.3) is 0 Å². The number of hydrogen-bond donors (Lipinski definition) is 1. The highest BCUT2D eigenvalue weighted by molar-refractivity contribution is 4.79. The molecule has 17 heavy (non-hydrogen) atoms. The van der Waals surface area contributed by atoms with Gasteiger partial charge in [0.2, 0.25) is 0 Å². The zero-order chi connectivity index (χ0) is 12.1. The summed E-state index contributed by atoms with van der Waals surface area (Å²) in [6.45, 7) is 10.4. The van der Waals surface area contributed by atoms with E-state index in [1.165, 1.54) is 45.6 Å². The molecule has 2 atom stereocenters. The molecule has 0 amide bonds. The molecule has 2 fully saturated rings. The van der Waals surface area contributed by atoms with Gasteiger partial charge in [0, 0.05) is 38.8 Å². The lowest BCUT2D eigenvalue weighted by Gasteiger charge is -2.32. The molecule has 0 saturated carbocycles. The number of ether oxygens (including phenoxy) is 1. The SMILES string of the molecule is CC1OCCC1NCCCN1CCN(C)CC1. The predicted octanol–water partition coefficient (Wildman–Crippen LogP) is 0.391. The monoisotopic (exact) mass is 241 g/mol. The van der Waals surface area contributed by atoms with Gasteiger partial charge in [-0.3, -0.25) is 0 Å². The van der Waals surface area contributed by atoms with E-state index >= 15 is 0 Å². The highest BCUT2D eigenvalue weighted by Crippen LogP contribution is 2.12. The zero-order valence-corrected chi connectivity index (χ0v) is 11.3. The first-order chi connectivity index (χ1) is 8.25. The van der Waals surface area contributed by atoms with Crippen LogP contribution in [-0.4, -0.2) is 74.9 Å². The van der Waals surface area contributed by atoms with Crippen molar-refractivity contribution >= 4 is 0 Å². The maximum Gasteiger partial charge on any atom is 0.0700 e. The normalized spacial score (nSPS) is 32.1. The number of piperazine rings is 1. The Hall–Kier alpha value is -0.160. The summed E-state index contributed by atoms with van der Waals surface area (Å²) in [4.78, 5) is 4.99. The van der Waals surface area contributed by atoms with E-state index < -0.39 is 0 Å². The summed E-state index contributed by atoms with van der Waals surface area (Å²) in [5.74, 6) is 0. The van der Waals surface area contributed by atoms with Crippen LogP contribution in [0.25, 0.3) is 0 Å². The lowest BCUT2D eigenvalue weighted by Crippen LogP contribution is -2.45. The minimum absolute atomic E-state index is 0.402. The van der Waals surface area contributed by atoms with Crippen molar-refractivity contribution in [1.29, 1.82) is 0 Å². The Morgan fingerprint density at radius 2 is 2.00 bits per heavy atom. The minimum atomic E-state index is 0.402. The van der Waals surface area contributed by atoms with Crippen LogP contribution in [0.1, 0.15) is 19.8 Å². The molecule has 2 heterocycles. The van der Waals surface area contributed by atoms with Crippen LogP contribution in [-0.2, 0) is 4.74 Å². The van der Waals surface area contributed by atoms with Crippen LogP contribution in [0.2, 0.25) is 0 Å². The van der Waals surface area contributed by atoms with Crippen LogP contribution in [0.5, 0.6) is 0 Å². The lowest BCUT2D eigenvalue weighted by atomic mass is 10.1. The predicted molar refractivity (Wildman–Crippen MR) is 70.4 cm³/mol. The van der Waals surface area contributed by atoms with Crippen LogP contribution in [0.3, 0.4) is 0 Å². The Balaban J connectivity index is 1.51. The average Bonchev–Trinajstić information content (AvgIpc) is 2.73. The quantitative estimate of drug-likeness (QED) is 0.705. The van der Waals surface area contributed by atoms with Crippen molar-refractivity contribution < 1.29 is 4.74 Å². The molecule has 0 aromatic heterocycles. The number of nitrogens with zero attached hydrogens (tertiary/aromatic N) is 2. The number of nitrogens with one attached hydrogen (secondary N) is 1. The van der Waals surface area contributed by atoms with Crippen molar-refractivity contribution in [3.8, 4) is 0 Å².